The molecule has 8 nitrogen and oxygen atoms in total. The second-order valence-electron chi connectivity index (χ2n) is 7.47. The summed E-state index contributed by atoms with van der Waals surface area (Å²) >= 11 is 3.22. The number of nitrogens with zero attached hydrogens (tertiary/aromatic N) is 2. The number of ether oxygens (including phenoxy) is 3. The molecular formula is C22H31N3O5S2. The van der Waals surface area contributed by atoms with Crippen LogP contribution in [0.5, 0.6) is 0 Å². The Morgan fingerprint density at radius 1 is 1.16 bits per heavy atom. The summed E-state index contributed by atoms with van der Waals surface area (Å²) in [5.74, 6) is 0.164. The number of rotatable bonds is 13. The Bertz CT molecular complexity index is 819. The maximum atomic E-state index is 12.4. The fourth-order valence-corrected chi connectivity index (χ4v) is 5.09. The fraction of sp³-hybridized carbons (Fsp3) is 0.591. The minimum Gasteiger partial charge on any atom is -0.382 e. The molecule has 1 fully saturated rings. The van der Waals surface area contributed by atoms with Crippen molar-refractivity contribution in [3.63, 3.8) is 0 Å². The Kier molecular flexibility index (Phi) is 10.6. The highest BCUT2D eigenvalue weighted by Gasteiger charge is 2.26. The summed E-state index contributed by atoms with van der Waals surface area (Å²) in [7, 11) is 1.63. The Morgan fingerprint density at radius 2 is 1.94 bits per heavy atom. The number of thiophene rings is 1. The summed E-state index contributed by atoms with van der Waals surface area (Å²) in [6.07, 6.45) is 2.52. The van der Waals surface area contributed by atoms with Crippen LogP contribution in [0.25, 0.3) is 0 Å². The molecule has 176 valence electrons. The van der Waals surface area contributed by atoms with E-state index < -0.39 is 0 Å². The van der Waals surface area contributed by atoms with Crippen LogP contribution in [0.1, 0.15) is 39.1 Å². The third-order valence-electron chi connectivity index (χ3n) is 5.22. The summed E-state index contributed by atoms with van der Waals surface area (Å²) in [4.78, 5) is 32.4. The van der Waals surface area contributed by atoms with E-state index in [9.17, 15) is 9.59 Å². The second kappa shape index (κ2) is 13.6. The third-order valence-corrected chi connectivity index (χ3v) is 7.16. The van der Waals surface area contributed by atoms with Gasteiger partial charge in [-0.15, -0.1) is 22.7 Å². The minimum atomic E-state index is -0.125. The first-order valence-corrected chi connectivity index (χ1v) is 12.6. The van der Waals surface area contributed by atoms with Crippen LogP contribution in [0.3, 0.4) is 0 Å². The first-order valence-electron chi connectivity index (χ1n) is 10.9. The van der Waals surface area contributed by atoms with Gasteiger partial charge in [0.1, 0.15) is 12.3 Å². The summed E-state index contributed by atoms with van der Waals surface area (Å²) in [6, 6.07) is 4.08. The normalized spacial score (nSPS) is 14.6. The smallest absolute Gasteiger partial charge is 0.270 e. The number of carbonyl (C=O) groups excluding carboxylic acids is 2. The summed E-state index contributed by atoms with van der Waals surface area (Å²) in [6.45, 7) is 3.96. The van der Waals surface area contributed by atoms with E-state index in [1.54, 1.807) is 18.4 Å². The van der Waals surface area contributed by atoms with Crippen LogP contribution in [-0.4, -0.2) is 81.5 Å². The van der Waals surface area contributed by atoms with Crippen LogP contribution in [0, 0.1) is 0 Å². The van der Waals surface area contributed by atoms with Crippen molar-refractivity contribution in [3.05, 3.63) is 38.5 Å². The monoisotopic (exact) mass is 481 g/mol. The number of piperidine rings is 1. The lowest BCUT2D eigenvalue weighted by Crippen LogP contribution is -2.40. The molecule has 32 heavy (non-hydrogen) atoms. The molecule has 1 aliphatic rings. The van der Waals surface area contributed by atoms with Crippen molar-refractivity contribution in [2.45, 2.75) is 25.2 Å². The van der Waals surface area contributed by atoms with Crippen molar-refractivity contribution < 1.29 is 23.8 Å². The summed E-state index contributed by atoms with van der Waals surface area (Å²) < 4.78 is 15.6. The van der Waals surface area contributed by atoms with E-state index in [4.69, 9.17) is 14.2 Å². The van der Waals surface area contributed by atoms with Crippen molar-refractivity contribution in [2.75, 3.05) is 59.8 Å². The quantitative estimate of drug-likeness (QED) is 0.442. The highest BCUT2D eigenvalue weighted by atomic mass is 32.1. The largest absolute Gasteiger partial charge is 0.382 e. The highest BCUT2D eigenvalue weighted by molar-refractivity contribution is 7.10. The molecule has 0 aliphatic carbocycles. The molecule has 0 saturated carbocycles. The van der Waals surface area contributed by atoms with Gasteiger partial charge in [0.05, 0.1) is 31.4 Å². The highest BCUT2D eigenvalue weighted by Crippen LogP contribution is 2.30. The second-order valence-corrected chi connectivity index (χ2v) is 9.39. The number of thiazole rings is 1. The summed E-state index contributed by atoms with van der Waals surface area (Å²) in [5, 5.41) is 7.79. The molecule has 3 heterocycles. The molecule has 1 N–H and O–H groups in total. The van der Waals surface area contributed by atoms with Gasteiger partial charge in [-0.25, -0.2) is 4.98 Å². The average molecular weight is 482 g/mol. The van der Waals surface area contributed by atoms with Gasteiger partial charge in [0, 0.05) is 42.9 Å². The van der Waals surface area contributed by atoms with E-state index in [1.807, 2.05) is 21.7 Å². The number of methoxy groups -OCH3 is 1. The standard InChI is InChI=1S/C22H31N3O5S2/c1-28-10-11-29-12-13-30-15-20(26)25-8-5-17(6-9-25)22-24-19(16-32-22)21(27)23-7-4-18-3-2-14-31-18/h2-3,14,16-17H,4-13,15H2,1H3,(H,23,27). The van der Waals surface area contributed by atoms with Crippen molar-refractivity contribution in [1.82, 2.24) is 15.2 Å². The van der Waals surface area contributed by atoms with Crippen LogP contribution in [0.15, 0.2) is 22.9 Å². The molecule has 10 heteroatoms. The van der Waals surface area contributed by atoms with Gasteiger partial charge in [-0.2, -0.15) is 0 Å². The molecule has 0 spiro atoms. The number of carbonyl (C=O) groups is 2. The number of amides is 2. The maximum absolute atomic E-state index is 12.4. The average Bonchev–Trinajstić information content (AvgIpc) is 3.51. The number of hydrogen-bond donors (Lipinski definition) is 1. The molecule has 0 aromatic carbocycles. The van der Waals surface area contributed by atoms with Crippen LogP contribution in [-0.2, 0) is 25.4 Å². The van der Waals surface area contributed by atoms with Gasteiger partial charge < -0.3 is 24.4 Å². The topological polar surface area (TPSA) is 90.0 Å². The third kappa shape index (κ3) is 7.93. The van der Waals surface area contributed by atoms with Crippen LogP contribution in [0.2, 0.25) is 0 Å². The van der Waals surface area contributed by atoms with Gasteiger partial charge in [-0.3, -0.25) is 9.59 Å². The predicted molar refractivity (Wildman–Crippen MR) is 125 cm³/mol. The van der Waals surface area contributed by atoms with Crippen molar-refractivity contribution in [1.29, 1.82) is 0 Å². The first-order chi connectivity index (χ1) is 15.7. The number of hydrogen-bond acceptors (Lipinski definition) is 8. The zero-order chi connectivity index (χ0) is 22.6. The zero-order valence-corrected chi connectivity index (χ0v) is 20.1. The van der Waals surface area contributed by atoms with Gasteiger partial charge in [0.2, 0.25) is 5.91 Å². The predicted octanol–water partition coefficient (Wildman–Crippen LogP) is 2.56. The molecule has 0 unspecified atom stereocenters. The SMILES string of the molecule is COCCOCCOCC(=O)N1CCC(c2nc(C(=O)NCCc3cccs3)cs2)CC1. The van der Waals surface area contributed by atoms with Gasteiger partial charge in [0.15, 0.2) is 0 Å². The lowest BCUT2D eigenvalue weighted by molar-refractivity contribution is -0.137. The maximum Gasteiger partial charge on any atom is 0.270 e. The lowest BCUT2D eigenvalue weighted by atomic mass is 9.97. The van der Waals surface area contributed by atoms with Gasteiger partial charge >= 0.3 is 0 Å². The van der Waals surface area contributed by atoms with Crippen molar-refractivity contribution in [3.8, 4) is 0 Å². The van der Waals surface area contributed by atoms with Gasteiger partial charge in [-0.05, 0) is 30.7 Å². The van der Waals surface area contributed by atoms with E-state index >= 15 is 0 Å². The van der Waals surface area contributed by atoms with E-state index in [2.05, 4.69) is 16.4 Å². The molecule has 3 rings (SSSR count). The first kappa shape index (κ1) is 24.8. The van der Waals surface area contributed by atoms with Gasteiger partial charge in [0.25, 0.3) is 5.91 Å². The lowest BCUT2D eigenvalue weighted by Gasteiger charge is -2.31. The zero-order valence-electron chi connectivity index (χ0n) is 18.4. The molecule has 0 atom stereocenters. The Balaban J connectivity index is 1.33. The Morgan fingerprint density at radius 3 is 2.69 bits per heavy atom. The molecule has 2 amide bonds. The van der Waals surface area contributed by atoms with Crippen LogP contribution >= 0.6 is 22.7 Å². The summed E-state index contributed by atoms with van der Waals surface area (Å²) in [5.41, 5.74) is 0.482. The van der Waals surface area contributed by atoms with E-state index in [0.717, 1.165) is 24.3 Å². The molecule has 2 aromatic heterocycles. The molecule has 2 aromatic rings. The van der Waals surface area contributed by atoms with E-state index in [1.165, 1.54) is 16.2 Å². The molecular weight excluding hydrogens is 450 g/mol. The molecule has 0 bridgehead atoms. The Hall–Kier alpha value is -1.85. The van der Waals surface area contributed by atoms with Crippen molar-refractivity contribution >= 4 is 34.5 Å². The molecule has 1 aliphatic heterocycles. The van der Waals surface area contributed by atoms with Crippen LogP contribution in [0.4, 0.5) is 0 Å². The van der Waals surface area contributed by atoms with E-state index in [-0.39, 0.29) is 24.3 Å². The van der Waals surface area contributed by atoms with E-state index in [0.29, 0.717) is 51.8 Å². The number of likely N-dealkylation sites (tertiary alicyclic amines) is 1. The minimum absolute atomic E-state index is 0.00490. The molecule has 0 radical (unpaired) electrons. The fourth-order valence-electron chi connectivity index (χ4n) is 3.41. The van der Waals surface area contributed by atoms with Crippen LogP contribution < -0.4 is 5.32 Å². The Labute approximate surface area is 196 Å². The molecule has 1 saturated heterocycles. The number of nitrogens with one attached hydrogen (secondary N) is 1. The van der Waals surface area contributed by atoms with Gasteiger partial charge in [-0.1, -0.05) is 6.07 Å². The van der Waals surface area contributed by atoms with Crippen molar-refractivity contribution in [2.24, 2.45) is 0 Å². The number of aromatic nitrogens is 1.